The number of hydrazine groups is 1. The van der Waals surface area contributed by atoms with Gasteiger partial charge in [0.05, 0.1) is 0 Å². The van der Waals surface area contributed by atoms with E-state index >= 15 is 0 Å². The van der Waals surface area contributed by atoms with Gasteiger partial charge in [0, 0.05) is 23.8 Å². The molecule has 0 bridgehead atoms. The molecule has 1 aromatic rings. The second-order valence-electron chi connectivity index (χ2n) is 5.41. The summed E-state index contributed by atoms with van der Waals surface area (Å²) in [5.41, 5.74) is 2.45. The summed E-state index contributed by atoms with van der Waals surface area (Å²) in [4.78, 5) is 8.89. The molecule has 1 heterocycles. The Morgan fingerprint density at radius 2 is 2.11 bits per heavy atom. The third-order valence-corrected chi connectivity index (χ3v) is 3.59. The number of hydrogen-bond acceptors (Lipinski definition) is 6. The summed E-state index contributed by atoms with van der Waals surface area (Å²) < 4.78 is 0. The molecule has 5 nitrogen and oxygen atoms in total. The number of aliphatic hydroxyl groups is 1. The number of thioether (sulfide) groups is 1. The molecule has 0 amide bonds. The van der Waals surface area contributed by atoms with E-state index in [2.05, 4.69) is 36.2 Å². The molecule has 0 saturated carbocycles. The summed E-state index contributed by atoms with van der Waals surface area (Å²) in [6.07, 6.45) is 0. The Kier molecular flexibility index (Phi) is 5.37. The Morgan fingerprint density at radius 3 is 2.61 bits per heavy atom. The van der Waals surface area contributed by atoms with Crippen LogP contribution in [0.25, 0.3) is 0 Å². The van der Waals surface area contributed by atoms with E-state index in [4.69, 9.17) is 10.9 Å². The van der Waals surface area contributed by atoms with E-state index in [0.29, 0.717) is 5.82 Å². The van der Waals surface area contributed by atoms with Crippen molar-refractivity contribution in [1.29, 1.82) is 0 Å². The smallest absolute Gasteiger partial charge is 0.144 e. The maximum atomic E-state index is 9.02. The van der Waals surface area contributed by atoms with Crippen LogP contribution in [0.1, 0.15) is 33.5 Å². The molecule has 0 saturated heterocycles. The van der Waals surface area contributed by atoms with Crippen molar-refractivity contribution in [3.63, 3.8) is 0 Å². The molecule has 0 fully saturated rings. The Labute approximate surface area is 113 Å². The summed E-state index contributed by atoms with van der Waals surface area (Å²) >= 11 is 1.61. The second-order valence-corrected chi connectivity index (χ2v) is 6.45. The number of anilines is 1. The van der Waals surface area contributed by atoms with Gasteiger partial charge in [0.2, 0.25) is 0 Å². The highest BCUT2D eigenvalue weighted by Gasteiger charge is 2.19. The number of rotatable bonds is 5. The lowest BCUT2D eigenvalue weighted by molar-refractivity contribution is 0.250. The number of hydrogen-bond donors (Lipinski definition) is 3. The zero-order valence-electron chi connectivity index (χ0n) is 11.4. The summed E-state index contributed by atoms with van der Waals surface area (Å²) in [6, 6.07) is 1.82. The van der Waals surface area contributed by atoms with E-state index in [1.54, 1.807) is 11.8 Å². The minimum Gasteiger partial charge on any atom is -0.396 e. The molecule has 1 rings (SSSR count). The molecule has 0 radical (unpaired) electrons. The molecule has 1 unspecified atom stereocenters. The first-order valence-electron chi connectivity index (χ1n) is 5.96. The summed E-state index contributed by atoms with van der Waals surface area (Å²) in [6.45, 7) is 8.38. The molecule has 1 aromatic heterocycles. The lowest BCUT2D eigenvalue weighted by Gasteiger charge is -2.18. The molecule has 0 aliphatic rings. The fraction of sp³-hybridized carbons (Fsp3) is 0.667. The first kappa shape index (κ1) is 15.2. The third-order valence-electron chi connectivity index (χ3n) is 2.35. The van der Waals surface area contributed by atoms with Crippen molar-refractivity contribution >= 4 is 17.6 Å². The number of aromatic nitrogens is 2. The van der Waals surface area contributed by atoms with Gasteiger partial charge in [0.25, 0.3) is 0 Å². The zero-order valence-corrected chi connectivity index (χ0v) is 12.2. The van der Waals surface area contributed by atoms with Crippen molar-refractivity contribution in [1.82, 2.24) is 9.97 Å². The van der Waals surface area contributed by atoms with Crippen LogP contribution in [-0.2, 0) is 5.41 Å². The number of nitrogens with zero attached hydrogens (tertiary/aromatic N) is 2. The highest BCUT2D eigenvalue weighted by Crippen LogP contribution is 2.25. The van der Waals surface area contributed by atoms with Gasteiger partial charge < -0.3 is 10.5 Å². The van der Waals surface area contributed by atoms with Crippen LogP contribution in [0.4, 0.5) is 5.82 Å². The van der Waals surface area contributed by atoms with Crippen LogP contribution in [0, 0.1) is 5.92 Å². The minimum absolute atomic E-state index is 0.120. The van der Waals surface area contributed by atoms with Gasteiger partial charge in [0.15, 0.2) is 0 Å². The first-order chi connectivity index (χ1) is 8.36. The van der Waals surface area contributed by atoms with Gasteiger partial charge in [-0.15, -0.1) is 11.8 Å². The van der Waals surface area contributed by atoms with E-state index in [-0.39, 0.29) is 17.9 Å². The molecule has 18 heavy (non-hydrogen) atoms. The lowest BCUT2D eigenvalue weighted by atomic mass is 9.96. The summed E-state index contributed by atoms with van der Waals surface area (Å²) in [5.74, 6) is 7.87. The van der Waals surface area contributed by atoms with Gasteiger partial charge in [-0.3, -0.25) is 0 Å². The Hall–Kier alpha value is -0.850. The highest BCUT2D eigenvalue weighted by molar-refractivity contribution is 7.99. The fourth-order valence-electron chi connectivity index (χ4n) is 1.19. The van der Waals surface area contributed by atoms with E-state index in [0.717, 1.165) is 16.6 Å². The van der Waals surface area contributed by atoms with E-state index in [1.165, 1.54) is 0 Å². The van der Waals surface area contributed by atoms with Crippen LogP contribution in [-0.4, -0.2) is 27.4 Å². The van der Waals surface area contributed by atoms with Crippen molar-refractivity contribution in [3.05, 3.63) is 11.9 Å². The topological polar surface area (TPSA) is 84.1 Å². The maximum Gasteiger partial charge on any atom is 0.144 e. The van der Waals surface area contributed by atoms with E-state index in [9.17, 15) is 0 Å². The summed E-state index contributed by atoms with van der Waals surface area (Å²) in [5, 5.41) is 9.90. The second kappa shape index (κ2) is 6.36. The molecule has 102 valence electrons. The zero-order chi connectivity index (χ0) is 13.8. The van der Waals surface area contributed by atoms with Gasteiger partial charge in [-0.05, 0) is 5.92 Å². The van der Waals surface area contributed by atoms with Crippen LogP contribution < -0.4 is 11.3 Å². The number of nitrogens with one attached hydrogen (secondary N) is 1. The molecule has 1 atom stereocenters. The number of aliphatic hydroxyl groups excluding tert-OH is 1. The van der Waals surface area contributed by atoms with Crippen molar-refractivity contribution in [3.8, 4) is 0 Å². The molecular weight excluding hydrogens is 248 g/mol. The average Bonchev–Trinajstić information content (AvgIpc) is 2.34. The average molecular weight is 270 g/mol. The molecule has 0 aliphatic heterocycles. The first-order valence-corrected chi connectivity index (χ1v) is 6.95. The third kappa shape index (κ3) is 4.44. The molecule has 0 aliphatic carbocycles. The lowest BCUT2D eigenvalue weighted by Crippen LogP contribution is -2.19. The Bertz CT molecular complexity index is 392. The van der Waals surface area contributed by atoms with Crippen LogP contribution in [0.2, 0.25) is 0 Å². The van der Waals surface area contributed by atoms with Gasteiger partial charge in [-0.1, -0.05) is 27.7 Å². The van der Waals surface area contributed by atoms with Gasteiger partial charge in [-0.25, -0.2) is 15.8 Å². The number of nitrogens with two attached hydrogens (primary N) is 1. The van der Waals surface area contributed by atoms with Crippen molar-refractivity contribution in [2.24, 2.45) is 11.8 Å². The van der Waals surface area contributed by atoms with Gasteiger partial charge in [0.1, 0.15) is 16.7 Å². The quantitative estimate of drug-likeness (QED) is 0.327. The predicted octanol–water partition coefficient (Wildman–Crippen LogP) is 1.78. The largest absolute Gasteiger partial charge is 0.396 e. The van der Waals surface area contributed by atoms with Crippen LogP contribution >= 0.6 is 11.8 Å². The van der Waals surface area contributed by atoms with Gasteiger partial charge in [-0.2, -0.15) is 0 Å². The molecule has 0 aromatic carbocycles. The van der Waals surface area contributed by atoms with Crippen molar-refractivity contribution in [2.45, 2.75) is 38.1 Å². The number of nitrogen functional groups attached to an aromatic ring is 1. The normalized spacial score (nSPS) is 13.4. The van der Waals surface area contributed by atoms with Gasteiger partial charge >= 0.3 is 0 Å². The molecular formula is C12H22N4OS. The van der Waals surface area contributed by atoms with Crippen LogP contribution in [0.15, 0.2) is 11.1 Å². The van der Waals surface area contributed by atoms with E-state index in [1.807, 2.05) is 13.0 Å². The van der Waals surface area contributed by atoms with E-state index < -0.39 is 0 Å². The molecule has 4 N–H and O–H groups in total. The van der Waals surface area contributed by atoms with Crippen molar-refractivity contribution < 1.29 is 5.11 Å². The maximum absolute atomic E-state index is 9.02. The standard InChI is InChI=1S/C12H22N4OS/c1-8(6-17)7-18-10-5-9(16-13)14-11(15-10)12(2,3)4/h5,8,17H,6-7,13H2,1-4H3,(H,14,15,16). The predicted molar refractivity (Wildman–Crippen MR) is 75.5 cm³/mol. The van der Waals surface area contributed by atoms with Crippen LogP contribution in [0.5, 0.6) is 0 Å². The van der Waals surface area contributed by atoms with Crippen molar-refractivity contribution in [2.75, 3.05) is 17.8 Å². The fourth-order valence-corrected chi connectivity index (χ4v) is 2.10. The monoisotopic (exact) mass is 270 g/mol. The highest BCUT2D eigenvalue weighted by atomic mass is 32.2. The Balaban J connectivity index is 2.91. The molecule has 0 spiro atoms. The minimum atomic E-state index is -0.120. The summed E-state index contributed by atoms with van der Waals surface area (Å²) in [7, 11) is 0. The Morgan fingerprint density at radius 1 is 1.44 bits per heavy atom. The SMILES string of the molecule is CC(CO)CSc1cc(NN)nc(C(C)(C)C)n1. The molecule has 6 heteroatoms. The van der Waals surface area contributed by atoms with Crippen LogP contribution in [0.3, 0.4) is 0 Å².